The van der Waals surface area contributed by atoms with E-state index in [-0.39, 0.29) is 45.9 Å². The van der Waals surface area contributed by atoms with Crippen LogP contribution in [-0.2, 0) is 32.3 Å². The number of benzene rings is 6. The molecule has 6 aromatic carbocycles. The molecule has 0 spiro atoms. The summed E-state index contributed by atoms with van der Waals surface area (Å²) >= 11 is 0. The van der Waals surface area contributed by atoms with Gasteiger partial charge < -0.3 is 20.1 Å². The van der Waals surface area contributed by atoms with Gasteiger partial charge in [0.1, 0.15) is 11.5 Å². The molecule has 264 valence electrons. The van der Waals surface area contributed by atoms with E-state index in [1.54, 1.807) is 84.9 Å². The molecule has 6 rings (SSSR count). The minimum atomic E-state index is -4.02. The molecule has 2 N–H and O–H groups in total. The maximum absolute atomic E-state index is 13.9. The van der Waals surface area contributed by atoms with Crippen molar-refractivity contribution in [2.24, 2.45) is 0 Å². The SMILES string of the molecule is C=Cc1ccc(CC(=O)Nc2ccccc2Oc2cccc(S(=O)(=O)c3cccc(Oc4ccccc4NC(=O)Cc4ccc(C=C)cc4)c3)c2)cc1. The molecule has 0 bridgehead atoms. The van der Waals surface area contributed by atoms with Crippen molar-refractivity contribution in [2.45, 2.75) is 22.6 Å². The maximum Gasteiger partial charge on any atom is 0.228 e. The predicted octanol–water partition coefficient (Wildman–Crippen LogP) is 9.75. The lowest BCUT2D eigenvalue weighted by Crippen LogP contribution is -2.15. The van der Waals surface area contributed by atoms with Gasteiger partial charge in [0.15, 0.2) is 11.5 Å². The van der Waals surface area contributed by atoms with E-state index in [1.165, 1.54) is 24.3 Å². The van der Waals surface area contributed by atoms with Gasteiger partial charge in [0.2, 0.25) is 21.7 Å². The second kappa shape index (κ2) is 16.5. The summed E-state index contributed by atoms with van der Waals surface area (Å²) in [6.45, 7) is 7.50. The summed E-state index contributed by atoms with van der Waals surface area (Å²) in [6.07, 6.45) is 3.80. The zero-order valence-corrected chi connectivity index (χ0v) is 29.5. The standard InChI is InChI=1S/C44H36N2O6S/c1-3-31-19-23-33(24-20-31)27-43(47)45-39-15-5-7-17-41(39)51-35-11-9-13-37(29-35)53(49,50)38-14-10-12-36(30-38)52-42-18-8-6-16-40(42)46-44(48)28-34-25-21-32(4-2)22-26-34/h3-26,29-30H,1-2,27-28H2,(H,45,47)(H,46,48). The van der Waals surface area contributed by atoms with Crippen LogP contribution in [0, 0.1) is 0 Å². The van der Waals surface area contributed by atoms with Crippen molar-refractivity contribution in [2.75, 3.05) is 10.6 Å². The number of sulfone groups is 1. The van der Waals surface area contributed by atoms with Crippen LogP contribution in [0.1, 0.15) is 22.3 Å². The molecule has 0 atom stereocenters. The molecule has 0 aromatic heterocycles. The van der Waals surface area contributed by atoms with Gasteiger partial charge in [-0.05, 0) is 82.9 Å². The highest BCUT2D eigenvalue weighted by Gasteiger charge is 2.20. The van der Waals surface area contributed by atoms with E-state index in [0.717, 1.165) is 22.3 Å². The highest BCUT2D eigenvalue weighted by Crippen LogP contribution is 2.34. The monoisotopic (exact) mass is 720 g/mol. The number of hydrogen-bond acceptors (Lipinski definition) is 6. The first-order valence-corrected chi connectivity index (χ1v) is 18.2. The van der Waals surface area contributed by atoms with E-state index >= 15 is 0 Å². The average Bonchev–Trinajstić information content (AvgIpc) is 3.17. The van der Waals surface area contributed by atoms with Gasteiger partial charge in [0.05, 0.1) is 34.0 Å². The van der Waals surface area contributed by atoms with Gasteiger partial charge in [-0.3, -0.25) is 9.59 Å². The Kier molecular flexibility index (Phi) is 11.3. The Morgan fingerprint density at radius 1 is 0.528 bits per heavy atom. The Morgan fingerprint density at radius 2 is 0.925 bits per heavy atom. The molecule has 0 aliphatic carbocycles. The first-order valence-electron chi connectivity index (χ1n) is 16.7. The highest BCUT2D eigenvalue weighted by molar-refractivity contribution is 7.91. The van der Waals surface area contributed by atoms with Crippen LogP contribution in [0.3, 0.4) is 0 Å². The van der Waals surface area contributed by atoms with Crippen molar-refractivity contribution in [1.29, 1.82) is 0 Å². The molecule has 0 radical (unpaired) electrons. The summed E-state index contributed by atoms with van der Waals surface area (Å²) in [6, 6.07) is 41.2. The van der Waals surface area contributed by atoms with Crippen molar-refractivity contribution in [3.63, 3.8) is 0 Å². The number of rotatable bonds is 14. The molecule has 9 heteroatoms. The normalized spacial score (nSPS) is 10.9. The van der Waals surface area contributed by atoms with E-state index in [2.05, 4.69) is 23.8 Å². The number of nitrogens with one attached hydrogen (secondary N) is 2. The molecule has 0 heterocycles. The lowest BCUT2D eigenvalue weighted by Gasteiger charge is -2.14. The van der Waals surface area contributed by atoms with Crippen LogP contribution in [0.4, 0.5) is 11.4 Å². The fraction of sp³-hybridized carbons (Fsp3) is 0.0455. The van der Waals surface area contributed by atoms with Gasteiger partial charge in [-0.2, -0.15) is 0 Å². The number of carbonyl (C=O) groups excluding carboxylic acids is 2. The quantitative estimate of drug-likeness (QED) is 0.116. The first kappa shape index (κ1) is 36.1. The van der Waals surface area contributed by atoms with Crippen molar-refractivity contribution >= 4 is 45.2 Å². The molecule has 0 aliphatic heterocycles. The van der Waals surface area contributed by atoms with Crippen LogP contribution in [0.5, 0.6) is 23.0 Å². The summed E-state index contributed by atoms with van der Waals surface area (Å²) < 4.78 is 39.9. The Balaban J connectivity index is 1.14. The van der Waals surface area contributed by atoms with Crippen LogP contribution >= 0.6 is 0 Å². The van der Waals surface area contributed by atoms with Gasteiger partial charge >= 0.3 is 0 Å². The number of hydrogen-bond donors (Lipinski definition) is 2. The Morgan fingerprint density at radius 3 is 1.32 bits per heavy atom. The van der Waals surface area contributed by atoms with Crippen LogP contribution in [0.15, 0.2) is 169 Å². The average molecular weight is 721 g/mol. The first-order chi connectivity index (χ1) is 25.7. The number of carbonyl (C=O) groups is 2. The van der Waals surface area contributed by atoms with E-state index in [0.29, 0.717) is 22.9 Å². The molecular formula is C44H36N2O6S. The second-order valence-electron chi connectivity index (χ2n) is 12.0. The summed E-state index contributed by atoms with van der Waals surface area (Å²) in [7, 11) is -4.02. The van der Waals surface area contributed by atoms with Crippen LogP contribution in [0.25, 0.3) is 12.2 Å². The summed E-state index contributed by atoms with van der Waals surface area (Å²) in [4.78, 5) is 25.8. The molecule has 0 fully saturated rings. The molecule has 53 heavy (non-hydrogen) atoms. The summed E-state index contributed by atoms with van der Waals surface area (Å²) in [5.74, 6) is 0.771. The fourth-order valence-corrected chi connectivity index (χ4v) is 6.75. The van der Waals surface area contributed by atoms with Crippen molar-refractivity contribution in [3.05, 3.63) is 181 Å². The van der Waals surface area contributed by atoms with Crippen LogP contribution < -0.4 is 20.1 Å². The smallest absolute Gasteiger partial charge is 0.228 e. The van der Waals surface area contributed by atoms with Crippen LogP contribution in [0.2, 0.25) is 0 Å². The van der Waals surface area contributed by atoms with Crippen molar-refractivity contribution in [1.82, 2.24) is 0 Å². The molecular weight excluding hydrogens is 685 g/mol. The predicted molar refractivity (Wildman–Crippen MR) is 209 cm³/mol. The topological polar surface area (TPSA) is 111 Å². The Labute approximate surface area is 309 Å². The van der Waals surface area contributed by atoms with Crippen LogP contribution in [-0.4, -0.2) is 20.2 Å². The van der Waals surface area contributed by atoms with Gasteiger partial charge in [-0.25, -0.2) is 8.42 Å². The third-order valence-electron chi connectivity index (χ3n) is 8.17. The number of ether oxygens (including phenoxy) is 2. The molecule has 0 saturated heterocycles. The molecule has 6 aromatic rings. The number of para-hydroxylation sites is 4. The minimum Gasteiger partial charge on any atom is -0.455 e. The molecule has 0 aliphatic rings. The lowest BCUT2D eigenvalue weighted by atomic mass is 10.1. The van der Waals surface area contributed by atoms with Gasteiger partial charge in [0, 0.05) is 0 Å². The zero-order valence-electron chi connectivity index (χ0n) is 28.7. The van der Waals surface area contributed by atoms with Gasteiger partial charge in [-0.15, -0.1) is 0 Å². The Bertz CT molecular complexity index is 2220. The van der Waals surface area contributed by atoms with Gasteiger partial charge in [0.25, 0.3) is 0 Å². The minimum absolute atomic E-state index is 0.00502. The number of anilines is 2. The molecule has 0 saturated carbocycles. The Hall–Kier alpha value is -6.71. The van der Waals surface area contributed by atoms with Crippen molar-refractivity contribution < 1.29 is 27.5 Å². The lowest BCUT2D eigenvalue weighted by molar-refractivity contribution is -0.116. The molecule has 0 unspecified atom stereocenters. The van der Waals surface area contributed by atoms with E-state index in [9.17, 15) is 18.0 Å². The largest absolute Gasteiger partial charge is 0.455 e. The highest BCUT2D eigenvalue weighted by atomic mass is 32.2. The summed E-state index contributed by atoms with van der Waals surface area (Å²) in [5, 5.41) is 5.78. The molecule has 2 amide bonds. The van der Waals surface area contributed by atoms with E-state index in [4.69, 9.17) is 9.47 Å². The van der Waals surface area contributed by atoms with E-state index in [1.807, 2.05) is 48.5 Å². The zero-order chi connectivity index (χ0) is 37.2. The maximum atomic E-state index is 13.9. The van der Waals surface area contributed by atoms with E-state index < -0.39 is 9.84 Å². The third-order valence-corrected chi connectivity index (χ3v) is 9.92. The van der Waals surface area contributed by atoms with Crippen molar-refractivity contribution in [3.8, 4) is 23.0 Å². The summed E-state index contributed by atoms with van der Waals surface area (Å²) in [5.41, 5.74) is 4.50. The van der Waals surface area contributed by atoms with Gasteiger partial charge in [-0.1, -0.05) is 110 Å². The fourth-order valence-electron chi connectivity index (χ4n) is 5.42. The second-order valence-corrected chi connectivity index (χ2v) is 13.9. The number of amides is 2. The molecule has 8 nitrogen and oxygen atoms in total. The third kappa shape index (κ3) is 9.35.